The average Bonchev–Trinajstić information content (AvgIpc) is 2.78. The highest BCUT2D eigenvalue weighted by molar-refractivity contribution is 7.85. The Bertz CT molecular complexity index is 907. The lowest BCUT2D eigenvalue weighted by atomic mass is 10.2. The standard InChI is InChI=1S/C8H15NO2.C8H14O4.C8H8O3S/c1-7(2)8(10)11-6-5-9(3)4;1-7(2)8(10)12-6-5-11-4-3-9;1-2-7-3-5-8(6-4-7)12(9,10)11/h1,5-6H2,2-4H3;9H,1,3-6H2,2H3;2-6H,1H2,(H,9,10,11)/p-1. The molecule has 0 heterocycles. The second kappa shape index (κ2) is 19.5. The fraction of sp³-hybridized carbons (Fsp3) is 0.417. The minimum atomic E-state index is -4.31. The van der Waals surface area contributed by atoms with Gasteiger partial charge in [-0.25, -0.2) is 18.0 Å². The number of hydrogen-bond acceptors (Lipinski definition) is 10. The highest BCUT2D eigenvalue weighted by atomic mass is 32.2. The monoisotopic (exact) mass is 514 g/mol. The van der Waals surface area contributed by atoms with Crippen molar-refractivity contribution in [1.29, 1.82) is 0 Å². The van der Waals surface area contributed by atoms with Gasteiger partial charge in [0.1, 0.15) is 23.3 Å². The minimum Gasteiger partial charge on any atom is -0.744 e. The Kier molecular flexibility index (Phi) is 19.1. The van der Waals surface area contributed by atoms with Crippen LogP contribution in [0.15, 0.2) is 60.0 Å². The summed E-state index contributed by atoms with van der Waals surface area (Å²) in [5, 5.41) is 8.32. The first-order valence-electron chi connectivity index (χ1n) is 10.4. The van der Waals surface area contributed by atoms with E-state index in [2.05, 4.69) is 19.7 Å². The number of carbonyl (C=O) groups excluding carboxylic acids is 2. The molecule has 0 atom stereocenters. The summed E-state index contributed by atoms with van der Waals surface area (Å²) in [5.74, 6) is -0.727. The summed E-state index contributed by atoms with van der Waals surface area (Å²) in [4.78, 5) is 23.3. The summed E-state index contributed by atoms with van der Waals surface area (Å²) in [7, 11) is -0.462. The number of likely N-dealkylation sites (N-methyl/N-ethyl adjacent to an activating group) is 1. The van der Waals surface area contributed by atoms with Crippen LogP contribution in [0.4, 0.5) is 0 Å². The van der Waals surface area contributed by atoms with E-state index in [-0.39, 0.29) is 30.7 Å². The van der Waals surface area contributed by atoms with Crippen LogP contribution in [-0.2, 0) is 33.9 Å². The molecule has 1 aromatic rings. The number of benzene rings is 1. The Morgan fingerprint density at radius 2 is 1.46 bits per heavy atom. The highest BCUT2D eigenvalue weighted by Gasteiger charge is 2.02. The van der Waals surface area contributed by atoms with E-state index in [4.69, 9.17) is 19.3 Å². The molecule has 1 N–H and O–H groups in total. The molecule has 0 amide bonds. The summed E-state index contributed by atoms with van der Waals surface area (Å²) in [5.41, 5.74) is 1.60. The molecule has 198 valence electrons. The van der Waals surface area contributed by atoms with Crippen LogP contribution in [0.5, 0.6) is 0 Å². The number of rotatable bonds is 12. The fourth-order valence-electron chi connectivity index (χ4n) is 1.70. The van der Waals surface area contributed by atoms with Gasteiger partial charge in [0.15, 0.2) is 0 Å². The molecule has 10 nitrogen and oxygen atoms in total. The number of nitrogens with zero attached hydrogens (tertiary/aromatic N) is 1. The van der Waals surface area contributed by atoms with Crippen molar-refractivity contribution in [2.24, 2.45) is 0 Å². The topological polar surface area (TPSA) is 142 Å². The van der Waals surface area contributed by atoms with E-state index >= 15 is 0 Å². The van der Waals surface area contributed by atoms with Crippen LogP contribution in [0, 0.1) is 0 Å². The van der Waals surface area contributed by atoms with E-state index in [1.165, 1.54) is 24.3 Å². The SMILES string of the molecule is C=C(C)C(=O)OCCN(C)C.C=C(C)C(=O)OCCOCCO.C=Cc1ccc(S(=O)(=O)[O-])cc1. The van der Waals surface area contributed by atoms with Crippen molar-refractivity contribution in [2.75, 3.05) is 53.7 Å². The van der Waals surface area contributed by atoms with E-state index in [9.17, 15) is 22.6 Å². The third-order valence-electron chi connectivity index (χ3n) is 3.57. The lowest BCUT2D eigenvalue weighted by Gasteiger charge is -2.09. The number of carbonyl (C=O) groups is 2. The van der Waals surface area contributed by atoms with Gasteiger partial charge >= 0.3 is 11.9 Å². The zero-order valence-electron chi connectivity index (χ0n) is 20.8. The summed E-state index contributed by atoms with van der Waals surface area (Å²) in [6, 6.07) is 5.58. The second-order valence-electron chi connectivity index (χ2n) is 7.20. The van der Waals surface area contributed by atoms with Crippen molar-refractivity contribution in [3.05, 3.63) is 60.7 Å². The predicted octanol–water partition coefficient (Wildman–Crippen LogP) is 2.02. The molecule has 0 aliphatic carbocycles. The van der Waals surface area contributed by atoms with Gasteiger partial charge in [-0.15, -0.1) is 0 Å². The third kappa shape index (κ3) is 20.3. The molecule has 35 heavy (non-hydrogen) atoms. The molecule has 1 rings (SSSR count). The maximum absolute atomic E-state index is 10.8. The first-order chi connectivity index (χ1) is 16.3. The molecule has 0 aliphatic heterocycles. The van der Waals surface area contributed by atoms with E-state index in [1.807, 2.05) is 19.0 Å². The quantitative estimate of drug-likeness (QED) is 0.190. The van der Waals surface area contributed by atoms with E-state index < -0.39 is 16.1 Å². The molecule has 0 saturated heterocycles. The highest BCUT2D eigenvalue weighted by Crippen LogP contribution is 2.10. The van der Waals surface area contributed by atoms with Gasteiger partial charge in [-0.3, -0.25) is 0 Å². The van der Waals surface area contributed by atoms with Crippen LogP contribution in [0.3, 0.4) is 0 Å². The maximum Gasteiger partial charge on any atom is 0.333 e. The van der Waals surface area contributed by atoms with Gasteiger partial charge in [0, 0.05) is 17.7 Å². The smallest absolute Gasteiger partial charge is 0.333 e. The molecule has 0 radical (unpaired) electrons. The van der Waals surface area contributed by atoms with Crippen LogP contribution in [0.25, 0.3) is 6.08 Å². The summed E-state index contributed by atoms with van der Waals surface area (Å²) in [6.45, 7) is 15.5. The molecule has 0 aromatic heterocycles. The van der Waals surface area contributed by atoms with E-state index in [1.54, 1.807) is 19.9 Å². The molecule has 0 saturated carbocycles. The number of aliphatic hydroxyl groups is 1. The van der Waals surface area contributed by atoms with Crippen LogP contribution >= 0.6 is 0 Å². The molecule has 0 aliphatic rings. The van der Waals surface area contributed by atoms with Gasteiger partial charge in [0.25, 0.3) is 0 Å². The maximum atomic E-state index is 10.8. The largest absolute Gasteiger partial charge is 0.744 e. The van der Waals surface area contributed by atoms with Gasteiger partial charge in [-0.05, 0) is 45.6 Å². The zero-order valence-corrected chi connectivity index (χ0v) is 21.6. The molecular weight excluding hydrogens is 478 g/mol. The predicted molar refractivity (Wildman–Crippen MR) is 133 cm³/mol. The number of aliphatic hydroxyl groups excluding tert-OH is 1. The Labute approximate surface area is 208 Å². The average molecular weight is 515 g/mol. The van der Waals surface area contributed by atoms with Crippen molar-refractivity contribution in [2.45, 2.75) is 18.7 Å². The Morgan fingerprint density at radius 1 is 0.971 bits per heavy atom. The summed E-state index contributed by atoms with van der Waals surface area (Å²) >= 11 is 0. The Hall–Kier alpha value is -2.83. The lowest BCUT2D eigenvalue weighted by Crippen LogP contribution is -2.20. The van der Waals surface area contributed by atoms with Crippen LogP contribution < -0.4 is 0 Å². The van der Waals surface area contributed by atoms with Gasteiger partial charge in [0.05, 0.1) is 24.7 Å². The van der Waals surface area contributed by atoms with Gasteiger partial charge in [-0.1, -0.05) is 37.9 Å². The Balaban J connectivity index is 0. The number of ether oxygens (including phenoxy) is 3. The minimum absolute atomic E-state index is 0.0194. The molecule has 0 unspecified atom stereocenters. The molecular formula is C24H36NO9S-. The lowest BCUT2D eigenvalue weighted by molar-refractivity contribution is -0.140. The summed E-state index contributed by atoms with van der Waals surface area (Å²) in [6.07, 6.45) is 1.57. The van der Waals surface area contributed by atoms with Gasteiger partial charge in [0.2, 0.25) is 0 Å². The Morgan fingerprint density at radius 3 is 1.83 bits per heavy atom. The first-order valence-corrected chi connectivity index (χ1v) is 11.8. The zero-order chi connectivity index (χ0) is 27.4. The number of esters is 2. The summed E-state index contributed by atoms with van der Waals surface area (Å²) < 4.78 is 45.7. The normalized spacial score (nSPS) is 10.1. The van der Waals surface area contributed by atoms with Crippen LogP contribution in [-0.4, -0.2) is 88.6 Å². The van der Waals surface area contributed by atoms with Crippen molar-refractivity contribution in [1.82, 2.24) is 4.90 Å². The van der Waals surface area contributed by atoms with Crippen molar-refractivity contribution < 1.29 is 41.9 Å². The van der Waals surface area contributed by atoms with E-state index in [0.717, 1.165) is 12.1 Å². The van der Waals surface area contributed by atoms with Gasteiger partial charge < -0.3 is 28.8 Å². The van der Waals surface area contributed by atoms with Crippen LogP contribution in [0.1, 0.15) is 19.4 Å². The fourth-order valence-corrected chi connectivity index (χ4v) is 2.17. The molecule has 0 fully saturated rings. The molecule has 0 bridgehead atoms. The van der Waals surface area contributed by atoms with Crippen molar-refractivity contribution >= 4 is 28.1 Å². The van der Waals surface area contributed by atoms with E-state index in [0.29, 0.717) is 24.4 Å². The molecule has 0 spiro atoms. The van der Waals surface area contributed by atoms with Crippen molar-refractivity contribution in [3.63, 3.8) is 0 Å². The molecule has 1 aromatic carbocycles. The first kappa shape index (κ1) is 34.3. The third-order valence-corrected chi connectivity index (χ3v) is 4.42. The number of hydrogen-bond donors (Lipinski definition) is 1. The van der Waals surface area contributed by atoms with Crippen LogP contribution in [0.2, 0.25) is 0 Å². The van der Waals surface area contributed by atoms with Gasteiger partial charge in [-0.2, -0.15) is 0 Å². The van der Waals surface area contributed by atoms with Crippen molar-refractivity contribution in [3.8, 4) is 0 Å². The second-order valence-corrected chi connectivity index (χ2v) is 8.58. The molecule has 11 heteroatoms.